The Bertz CT molecular complexity index is 724. The standard InChI is InChI=1S/C18H21N3O4/c1-18(2,3)25-17(24)21-15(16(22)23)8-12-4-6-13(7-5-12)14-9-19-11-20-10-14/h4-7,9-11,15H,8H2,1-3H3,(H,21,24)(H,22,23)/t15-/m0/s1. The number of ether oxygens (including phenoxy) is 1. The number of carbonyl (C=O) groups is 2. The summed E-state index contributed by atoms with van der Waals surface area (Å²) in [5.74, 6) is -1.12. The fourth-order valence-corrected chi connectivity index (χ4v) is 2.17. The van der Waals surface area contributed by atoms with Gasteiger partial charge in [0.05, 0.1) is 0 Å². The maximum absolute atomic E-state index is 11.8. The van der Waals surface area contributed by atoms with Gasteiger partial charge in [0.1, 0.15) is 18.0 Å². The van der Waals surface area contributed by atoms with Crippen LogP contribution in [0.2, 0.25) is 0 Å². The van der Waals surface area contributed by atoms with E-state index in [-0.39, 0.29) is 6.42 Å². The van der Waals surface area contributed by atoms with Gasteiger partial charge in [-0.25, -0.2) is 19.6 Å². The van der Waals surface area contributed by atoms with Crippen LogP contribution in [0.25, 0.3) is 11.1 Å². The first-order valence-electron chi connectivity index (χ1n) is 7.81. The Morgan fingerprint density at radius 2 is 1.72 bits per heavy atom. The molecule has 132 valence electrons. The van der Waals surface area contributed by atoms with Gasteiger partial charge in [-0.3, -0.25) is 0 Å². The summed E-state index contributed by atoms with van der Waals surface area (Å²) in [6.45, 7) is 5.15. The second-order valence-electron chi connectivity index (χ2n) is 6.57. The normalized spacial score (nSPS) is 12.3. The van der Waals surface area contributed by atoms with E-state index in [1.165, 1.54) is 6.33 Å². The van der Waals surface area contributed by atoms with Crippen LogP contribution in [0.15, 0.2) is 43.0 Å². The van der Waals surface area contributed by atoms with Gasteiger partial charge < -0.3 is 15.2 Å². The average Bonchev–Trinajstić information content (AvgIpc) is 2.54. The summed E-state index contributed by atoms with van der Waals surface area (Å²) < 4.78 is 5.11. The SMILES string of the molecule is CC(C)(C)OC(=O)N[C@@H](Cc1ccc(-c2cncnc2)cc1)C(=O)O. The zero-order valence-electron chi connectivity index (χ0n) is 14.4. The molecule has 0 spiro atoms. The summed E-state index contributed by atoms with van der Waals surface area (Å²) in [6, 6.07) is 6.28. The number of hydrogen-bond donors (Lipinski definition) is 2. The molecule has 0 saturated carbocycles. The van der Waals surface area contributed by atoms with Crippen molar-refractivity contribution in [2.24, 2.45) is 0 Å². The van der Waals surface area contributed by atoms with Crippen molar-refractivity contribution in [2.45, 2.75) is 38.8 Å². The molecule has 1 amide bonds. The minimum absolute atomic E-state index is 0.153. The van der Waals surface area contributed by atoms with E-state index >= 15 is 0 Å². The van der Waals surface area contributed by atoms with Crippen molar-refractivity contribution in [3.63, 3.8) is 0 Å². The van der Waals surface area contributed by atoms with Gasteiger partial charge in [0.15, 0.2) is 0 Å². The van der Waals surface area contributed by atoms with Gasteiger partial charge in [-0.05, 0) is 31.9 Å². The third-order valence-electron chi connectivity index (χ3n) is 3.28. The predicted molar refractivity (Wildman–Crippen MR) is 92.0 cm³/mol. The van der Waals surface area contributed by atoms with Crippen molar-refractivity contribution in [3.8, 4) is 11.1 Å². The number of carbonyl (C=O) groups excluding carboxylic acids is 1. The molecule has 7 nitrogen and oxygen atoms in total. The number of nitrogens with one attached hydrogen (secondary N) is 1. The number of amides is 1. The highest BCUT2D eigenvalue weighted by Gasteiger charge is 2.24. The Morgan fingerprint density at radius 3 is 2.24 bits per heavy atom. The molecule has 1 atom stereocenters. The van der Waals surface area contributed by atoms with Crippen LogP contribution >= 0.6 is 0 Å². The summed E-state index contributed by atoms with van der Waals surface area (Å²) in [7, 11) is 0. The quantitative estimate of drug-likeness (QED) is 0.865. The maximum Gasteiger partial charge on any atom is 0.408 e. The Morgan fingerprint density at radius 1 is 1.12 bits per heavy atom. The number of carboxylic acid groups (broad SMARTS) is 1. The highest BCUT2D eigenvalue weighted by molar-refractivity contribution is 5.80. The van der Waals surface area contributed by atoms with Crippen LogP contribution in [0, 0.1) is 0 Å². The third kappa shape index (κ3) is 5.87. The van der Waals surface area contributed by atoms with E-state index in [1.54, 1.807) is 33.2 Å². The van der Waals surface area contributed by atoms with Crippen LogP contribution in [0.5, 0.6) is 0 Å². The summed E-state index contributed by atoms with van der Waals surface area (Å²) >= 11 is 0. The molecule has 0 aliphatic carbocycles. The lowest BCUT2D eigenvalue weighted by Crippen LogP contribution is -2.44. The van der Waals surface area contributed by atoms with E-state index in [4.69, 9.17) is 4.74 Å². The lowest BCUT2D eigenvalue weighted by atomic mass is 10.0. The first kappa shape index (κ1) is 18.4. The fourth-order valence-electron chi connectivity index (χ4n) is 2.17. The van der Waals surface area contributed by atoms with Crippen LogP contribution in [-0.4, -0.2) is 38.8 Å². The molecule has 0 aliphatic heterocycles. The second-order valence-corrected chi connectivity index (χ2v) is 6.57. The van der Waals surface area contributed by atoms with Gasteiger partial charge in [0.2, 0.25) is 0 Å². The molecule has 1 aromatic carbocycles. The molecule has 0 bridgehead atoms. The van der Waals surface area contributed by atoms with E-state index in [0.717, 1.165) is 16.7 Å². The number of alkyl carbamates (subject to hydrolysis) is 1. The Balaban J connectivity index is 2.04. The van der Waals surface area contributed by atoms with E-state index < -0.39 is 23.7 Å². The van der Waals surface area contributed by atoms with Crippen molar-refractivity contribution in [1.29, 1.82) is 0 Å². The predicted octanol–water partition coefficient (Wildman–Crippen LogP) is 2.66. The molecule has 1 aromatic heterocycles. The van der Waals surface area contributed by atoms with Crippen molar-refractivity contribution in [3.05, 3.63) is 48.5 Å². The zero-order chi connectivity index (χ0) is 18.4. The number of carboxylic acids is 1. The molecule has 25 heavy (non-hydrogen) atoms. The number of rotatable bonds is 5. The van der Waals surface area contributed by atoms with Crippen molar-refractivity contribution >= 4 is 12.1 Å². The molecule has 0 aliphatic rings. The van der Waals surface area contributed by atoms with Gasteiger partial charge in [0.25, 0.3) is 0 Å². The molecule has 2 N–H and O–H groups in total. The van der Waals surface area contributed by atoms with E-state index in [1.807, 2.05) is 24.3 Å². The summed E-state index contributed by atoms with van der Waals surface area (Å²) in [5, 5.41) is 11.7. The van der Waals surface area contributed by atoms with Gasteiger partial charge in [-0.1, -0.05) is 24.3 Å². The van der Waals surface area contributed by atoms with Crippen LogP contribution in [0.3, 0.4) is 0 Å². The molecule has 7 heteroatoms. The summed E-state index contributed by atoms with van der Waals surface area (Å²) in [4.78, 5) is 31.1. The third-order valence-corrected chi connectivity index (χ3v) is 3.28. The Labute approximate surface area is 146 Å². The molecule has 0 fully saturated rings. The highest BCUT2D eigenvalue weighted by atomic mass is 16.6. The fraction of sp³-hybridized carbons (Fsp3) is 0.333. The smallest absolute Gasteiger partial charge is 0.408 e. The van der Waals surface area contributed by atoms with E-state index in [9.17, 15) is 14.7 Å². The Hall–Kier alpha value is -2.96. The van der Waals surface area contributed by atoms with E-state index in [2.05, 4.69) is 15.3 Å². The minimum atomic E-state index is -1.12. The molecule has 2 aromatic rings. The molecule has 0 saturated heterocycles. The van der Waals surface area contributed by atoms with Crippen molar-refractivity contribution < 1.29 is 19.4 Å². The number of aromatic nitrogens is 2. The zero-order valence-corrected chi connectivity index (χ0v) is 14.4. The number of benzene rings is 1. The molecular weight excluding hydrogens is 322 g/mol. The topological polar surface area (TPSA) is 101 Å². The van der Waals surface area contributed by atoms with Gasteiger partial charge >= 0.3 is 12.1 Å². The highest BCUT2D eigenvalue weighted by Crippen LogP contribution is 2.18. The lowest BCUT2D eigenvalue weighted by Gasteiger charge is -2.22. The van der Waals surface area contributed by atoms with Gasteiger partial charge in [-0.15, -0.1) is 0 Å². The number of nitrogens with zero attached hydrogens (tertiary/aromatic N) is 2. The van der Waals surface area contributed by atoms with Crippen molar-refractivity contribution in [2.75, 3.05) is 0 Å². The molecule has 2 rings (SSSR count). The molecule has 0 radical (unpaired) electrons. The molecule has 0 unspecified atom stereocenters. The first-order valence-corrected chi connectivity index (χ1v) is 7.81. The molecule has 1 heterocycles. The van der Waals surface area contributed by atoms with E-state index in [0.29, 0.717) is 0 Å². The number of hydrogen-bond acceptors (Lipinski definition) is 5. The van der Waals surface area contributed by atoms with Crippen LogP contribution < -0.4 is 5.32 Å². The number of aliphatic carboxylic acids is 1. The van der Waals surface area contributed by atoms with Crippen LogP contribution in [0.1, 0.15) is 26.3 Å². The summed E-state index contributed by atoms with van der Waals surface area (Å²) in [5.41, 5.74) is 1.89. The average molecular weight is 343 g/mol. The maximum atomic E-state index is 11.8. The second kappa shape index (κ2) is 7.74. The van der Waals surface area contributed by atoms with Crippen LogP contribution in [-0.2, 0) is 16.0 Å². The van der Waals surface area contributed by atoms with Crippen LogP contribution in [0.4, 0.5) is 4.79 Å². The van der Waals surface area contributed by atoms with Gasteiger partial charge in [-0.2, -0.15) is 0 Å². The van der Waals surface area contributed by atoms with Gasteiger partial charge in [0, 0.05) is 24.4 Å². The lowest BCUT2D eigenvalue weighted by molar-refractivity contribution is -0.139. The monoisotopic (exact) mass is 343 g/mol. The Kier molecular flexibility index (Phi) is 5.69. The van der Waals surface area contributed by atoms with Crippen molar-refractivity contribution in [1.82, 2.24) is 15.3 Å². The largest absolute Gasteiger partial charge is 0.480 e. The molecular formula is C18H21N3O4. The first-order chi connectivity index (χ1) is 11.7. The summed E-state index contributed by atoms with van der Waals surface area (Å²) in [6.07, 6.45) is 4.26. The minimum Gasteiger partial charge on any atom is -0.480 e.